The molecular formula is C22H19F6N3O2. The quantitative estimate of drug-likeness (QED) is 0.446. The van der Waals surface area contributed by atoms with E-state index >= 15 is 0 Å². The SMILES string of the molecule is CC[C@@H]1CC(O)(C(F)(F)F)[C@@H](Nc2cc(F)c(F)c3nc(C)ncc23)c2ccc(F)c(O)c21. The predicted molar refractivity (Wildman–Crippen MR) is 107 cm³/mol. The maximum atomic E-state index is 14.3. The number of nitrogens with one attached hydrogen (secondary N) is 1. The van der Waals surface area contributed by atoms with Gasteiger partial charge in [-0.1, -0.05) is 13.0 Å². The lowest BCUT2D eigenvalue weighted by atomic mass is 9.69. The molecule has 1 aromatic heterocycles. The van der Waals surface area contributed by atoms with Gasteiger partial charge in [-0.05, 0) is 37.3 Å². The Kier molecular flexibility index (Phi) is 5.43. The molecule has 33 heavy (non-hydrogen) atoms. The molecule has 0 fully saturated rings. The fraction of sp³-hybridized carbons (Fsp3) is 0.364. The third-order valence-electron chi connectivity index (χ3n) is 6.13. The molecular weight excluding hydrogens is 452 g/mol. The van der Waals surface area contributed by atoms with Gasteiger partial charge in [-0.3, -0.25) is 0 Å². The fourth-order valence-corrected chi connectivity index (χ4v) is 4.45. The molecule has 0 spiro atoms. The van der Waals surface area contributed by atoms with Gasteiger partial charge in [0.05, 0.1) is 6.04 Å². The number of aromatic hydroxyl groups is 1. The van der Waals surface area contributed by atoms with E-state index in [4.69, 9.17) is 0 Å². The van der Waals surface area contributed by atoms with E-state index in [1.54, 1.807) is 6.92 Å². The number of alkyl halides is 3. The van der Waals surface area contributed by atoms with Gasteiger partial charge < -0.3 is 15.5 Å². The molecule has 3 atom stereocenters. The van der Waals surface area contributed by atoms with Crippen LogP contribution in [0.1, 0.15) is 48.7 Å². The molecule has 0 saturated carbocycles. The summed E-state index contributed by atoms with van der Waals surface area (Å²) in [6.45, 7) is 2.98. The number of rotatable bonds is 3. The summed E-state index contributed by atoms with van der Waals surface area (Å²) in [5.41, 5.74) is -4.42. The van der Waals surface area contributed by atoms with E-state index in [9.17, 15) is 36.6 Å². The number of hydrogen-bond acceptors (Lipinski definition) is 5. The van der Waals surface area contributed by atoms with E-state index in [0.717, 1.165) is 18.3 Å². The van der Waals surface area contributed by atoms with Crippen molar-refractivity contribution >= 4 is 16.6 Å². The van der Waals surface area contributed by atoms with E-state index in [0.29, 0.717) is 6.07 Å². The van der Waals surface area contributed by atoms with Crippen LogP contribution < -0.4 is 5.32 Å². The van der Waals surface area contributed by atoms with Crippen LogP contribution in [0.4, 0.5) is 32.0 Å². The molecule has 3 aromatic rings. The van der Waals surface area contributed by atoms with Gasteiger partial charge in [0.15, 0.2) is 28.8 Å². The lowest BCUT2D eigenvalue weighted by Gasteiger charge is -2.45. The number of phenols is 1. The van der Waals surface area contributed by atoms with Gasteiger partial charge >= 0.3 is 6.18 Å². The maximum absolute atomic E-state index is 14.3. The van der Waals surface area contributed by atoms with Crippen molar-refractivity contribution in [1.29, 1.82) is 0 Å². The third-order valence-corrected chi connectivity index (χ3v) is 6.13. The van der Waals surface area contributed by atoms with Gasteiger partial charge in [-0.25, -0.2) is 23.1 Å². The van der Waals surface area contributed by atoms with Crippen LogP contribution in [-0.2, 0) is 0 Å². The zero-order valence-corrected chi connectivity index (χ0v) is 17.4. The van der Waals surface area contributed by atoms with E-state index < -0.39 is 58.9 Å². The lowest BCUT2D eigenvalue weighted by molar-refractivity contribution is -0.272. The topological polar surface area (TPSA) is 78.3 Å². The van der Waals surface area contributed by atoms with Crippen molar-refractivity contribution < 1.29 is 36.6 Å². The summed E-state index contributed by atoms with van der Waals surface area (Å²) in [6.07, 6.45) is -4.83. The Bertz CT molecular complexity index is 1250. The van der Waals surface area contributed by atoms with Crippen molar-refractivity contribution in [2.75, 3.05) is 5.32 Å². The first kappa shape index (κ1) is 23.1. The molecule has 0 radical (unpaired) electrons. The Labute approximate surface area is 184 Å². The number of nitrogens with zero attached hydrogens (tertiary/aromatic N) is 2. The Morgan fingerprint density at radius 1 is 1.18 bits per heavy atom. The molecule has 1 unspecified atom stereocenters. The summed E-state index contributed by atoms with van der Waals surface area (Å²) in [5, 5.41) is 23.6. The number of hydrogen-bond donors (Lipinski definition) is 3. The van der Waals surface area contributed by atoms with Gasteiger partial charge in [0.2, 0.25) is 0 Å². The first-order valence-corrected chi connectivity index (χ1v) is 10.1. The number of aromatic nitrogens is 2. The highest BCUT2D eigenvalue weighted by Crippen LogP contribution is 2.55. The fourth-order valence-electron chi connectivity index (χ4n) is 4.45. The smallest absolute Gasteiger partial charge is 0.419 e. The second-order valence-electron chi connectivity index (χ2n) is 8.11. The standard InChI is InChI=1S/C22H19F6N3O2/c1-3-10-7-21(33,22(26,27)28)20(11-4-5-13(23)19(32)16(10)11)31-15-6-14(24)17(25)18-12(15)8-29-9(2)30-18/h4-6,8,10,20,31-33H,3,7H2,1-2H3/t10-,20+,21?/m1/s1. The van der Waals surface area contributed by atoms with Gasteiger partial charge in [0.25, 0.3) is 0 Å². The summed E-state index contributed by atoms with van der Waals surface area (Å²) in [7, 11) is 0. The minimum Gasteiger partial charge on any atom is -0.505 e. The molecule has 1 aliphatic carbocycles. The number of fused-ring (bicyclic) bond motifs is 2. The van der Waals surface area contributed by atoms with Crippen LogP contribution in [0.5, 0.6) is 5.75 Å². The summed E-state index contributed by atoms with van der Waals surface area (Å²) < 4.78 is 85.3. The zero-order chi connectivity index (χ0) is 24.3. The molecule has 11 heteroatoms. The predicted octanol–water partition coefficient (Wildman–Crippen LogP) is 5.41. The zero-order valence-electron chi connectivity index (χ0n) is 17.4. The molecule has 176 valence electrons. The van der Waals surface area contributed by atoms with Crippen LogP contribution in [0.15, 0.2) is 24.4 Å². The molecule has 5 nitrogen and oxygen atoms in total. The van der Waals surface area contributed by atoms with Gasteiger partial charge in [0.1, 0.15) is 11.3 Å². The van der Waals surface area contributed by atoms with Crippen LogP contribution >= 0.6 is 0 Å². The van der Waals surface area contributed by atoms with Crippen LogP contribution in [0.2, 0.25) is 0 Å². The van der Waals surface area contributed by atoms with Crippen molar-refractivity contribution in [3.63, 3.8) is 0 Å². The monoisotopic (exact) mass is 471 g/mol. The van der Waals surface area contributed by atoms with Crippen LogP contribution in [-0.4, -0.2) is 32.0 Å². The van der Waals surface area contributed by atoms with Crippen LogP contribution in [0.3, 0.4) is 0 Å². The first-order chi connectivity index (χ1) is 15.4. The van der Waals surface area contributed by atoms with Crippen molar-refractivity contribution in [3.8, 4) is 5.75 Å². The van der Waals surface area contributed by atoms with E-state index in [1.807, 2.05) is 0 Å². The molecule has 4 rings (SSSR count). The molecule has 3 N–H and O–H groups in total. The summed E-state index contributed by atoms with van der Waals surface area (Å²) >= 11 is 0. The molecule has 0 aliphatic heterocycles. The van der Waals surface area contributed by atoms with Crippen molar-refractivity contribution in [2.45, 2.75) is 50.4 Å². The van der Waals surface area contributed by atoms with Gasteiger partial charge in [-0.15, -0.1) is 0 Å². The molecule has 1 heterocycles. The number of halogens is 6. The maximum Gasteiger partial charge on any atom is 0.419 e. The Morgan fingerprint density at radius 2 is 1.88 bits per heavy atom. The second kappa shape index (κ2) is 7.75. The third kappa shape index (κ3) is 3.54. The van der Waals surface area contributed by atoms with E-state index in [1.165, 1.54) is 6.92 Å². The second-order valence-corrected chi connectivity index (χ2v) is 8.11. The Hall–Kier alpha value is -3.08. The number of phenolic OH excluding ortho intramolecular Hbond substituents is 1. The summed E-state index contributed by atoms with van der Waals surface area (Å²) in [4.78, 5) is 7.73. The number of aryl methyl sites for hydroxylation is 1. The average molecular weight is 471 g/mol. The number of anilines is 1. The van der Waals surface area contributed by atoms with Crippen molar-refractivity contribution in [2.24, 2.45) is 0 Å². The molecule has 1 aliphatic rings. The lowest BCUT2D eigenvalue weighted by Crippen LogP contribution is -2.55. The Balaban J connectivity index is 1.97. The largest absolute Gasteiger partial charge is 0.505 e. The highest BCUT2D eigenvalue weighted by atomic mass is 19.4. The summed E-state index contributed by atoms with van der Waals surface area (Å²) in [6, 6.07) is 0.481. The number of aliphatic hydroxyl groups is 1. The normalized spacial score (nSPS) is 22.9. The molecule has 2 aromatic carbocycles. The van der Waals surface area contributed by atoms with Crippen molar-refractivity contribution in [1.82, 2.24) is 9.97 Å². The molecule has 0 saturated heterocycles. The van der Waals surface area contributed by atoms with E-state index in [2.05, 4.69) is 15.3 Å². The summed E-state index contributed by atoms with van der Waals surface area (Å²) in [5.74, 6) is -5.41. The minimum absolute atomic E-state index is 0.0797. The first-order valence-electron chi connectivity index (χ1n) is 10.1. The highest BCUT2D eigenvalue weighted by Gasteiger charge is 2.62. The highest BCUT2D eigenvalue weighted by molar-refractivity contribution is 5.91. The average Bonchev–Trinajstić information content (AvgIpc) is 2.74. The van der Waals surface area contributed by atoms with Gasteiger partial charge in [0, 0.05) is 28.9 Å². The van der Waals surface area contributed by atoms with Crippen LogP contribution in [0, 0.1) is 24.4 Å². The molecule has 0 bridgehead atoms. The van der Waals surface area contributed by atoms with Crippen LogP contribution in [0.25, 0.3) is 10.9 Å². The van der Waals surface area contributed by atoms with E-state index in [-0.39, 0.29) is 34.4 Å². The minimum atomic E-state index is -5.15. The Morgan fingerprint density at radius 3 is 2.52 bits per heavy atom. The molecule has 0 amide bonds. The van der Waals surface area contributed by atoms with Crippen molar-refractivity contribution in [3.05, 3.63) is 58.8 Å². The number of benzene rings is 2. The van der Waals surface area contributed by atoms with Gasteiger partial charge in [-0.2, -0.15) is 13.2 Å².